The van der Waals surface area contributed by atoms with E-state index in [9.17, 15) is 38.4 Å². The number of aromatic carboxylic acids is 2. The summed E-state index contributed by atoms with van der Waals surface area (Å²) >= 11 is 0. The van der Waals surface area contributed by atoms with Gasteiger partial charge in [-0.3, -0.25) is 24.4 Å². The number of carboxylic acid groups (broad SMARTS) is 2. The van der Waals surface area contributed by atoms with Gasteiger partial charge >= 0.3 is 48.6 Å². The van der Waals surface area contributed by atoms with Crippen LogP contribution in [0.3, 0.4) is 0 Å². The Labute approximate surface area is 577 Å². The van der Waals surface area contributed by atoms with Crippen LogP contribution in [0.15, 0.2) is 181 Å². The molecule has 12 rings (SSSR count). The molecule has 4 amide bonds. The molecule has 0 aliphatic carbocycles. The number of halogens is 1. The van der Waals surface area contributed by atoms with E-state index in [-0.39, 0.29) is 101 Å². The second-order valence-electron chi connectivity index (χ2n) is 19.9. The number of hydroxylamine groups is 1. The van der Waals surface area contributed by atoms with E-state index >= 15 is 0 Å². The molecule has 4 atom stereocenters. The summed E-state index contributed by atoms with van der Waals surface area (Å²) in [5, 5.41) is 59.1. The van der Waals surface area contributed by atoms with Crippen molar-refractivity contribution in [2.75, 3.05) is 20.3 Å². The zero-order valence-electron chi connectivity index (χ0n) is 53.9. The number of nitrogens with two attached hydrogens (primary N) is 1. The number of carbonyl (C=O) groups excluding carboxylic acids is 6. The first-order valence-corrected chi connectivity index (χ1v) is 28.8. The number of aromatic nitrogens is 4. The Balaban J connectivity index is 0.000000265. The number of para-hydroxylation sites is 4. The fraction of sp³-hybridized carbons (Fsp3) is 0.200. The molecular weight excluding hydrogens is 1320 g/mol. The van der Waals surface area contributed by atoms with Crippen molar-refractivity contribution >= 4 is 104 Å². The third-order valence-electron chi connectivity index (χ3n) is 13.0. The van der Waals surface area contributed by atoms with Gasteiger partial charge in [-0.05, 0) is 90.1 Å². The average molecular weight is 1380 g/mol. The molecule has 34 heteroatoms. The maximum Gasteiger partial charge on any atom is 1.00 e. The number of aliphatic hydroxyl groups excluding tert-OH is 1. The molecule has 0 bridgehead atoms. The van der Waals surface area contributed by atoms with E-state index in [0.29, 0.717) is 51.7 Å². The van der Waals surface area contributed by atoms with E-state index in [1.54, 1.807) is 90.1 Å². The summed E-state index contributed by atoms with van der Waals surface area (Å²) in [4.78, 5) is 91.7. The van der Waals surface area contributed by atoms with Crippen LogP contribution < -0.4 is 46.0 Å². The molecule has 0 fully saturated rings. The van der Waals surface area contributed by atoms with Crippen molar-refractivity contribution in [1.82, 2.24) is 42.1 Å². The van der Waals surface area contributed by atoms with Gasteiger partial charge in [0.15, 0.2) is 17.3 Å². The number of esters is 2. The Morgan fingerprint density at radius 2 is 0.697 bits per heavy atom. The molecule has 12 aromatic rings. The second-order valence-corrected chi connectivity index (χ2v) is 19.9. The molecule has 0 saturated carbocycles. The van der Waals surface area contributed by atoms with Gasteiger partial charge in [-0.2, -0.15) is 0 Å². The molecule has 0 radical (unpaired) electrons. The summed E-state index contributed by atoms with van der Waals surface area (Å²) in [5.41, 5.74) is 11.1. The number of benzene rings is 4. The Morgan fingerprint density at radius 3 is 0.990 bits per heavy atom. The zero-order valence-corrected chi connectivity index (χ0v) is 54.8. The summed E-state index contributed by atoms with van der Waals surface area (Å²) in [7, 11) is 1.00. The molecule has 11 N–H and O–H groups in total. The number of nitrogens with one attached hydrogen (secondary N) is 4. The number of rotatable bonds is 17. The van der Waals surface area contributed by atoms with Gasteiger partial charge in [0, 0.05) is 59.0 Å². The van der Waals surface area contributed by atoms with Crippen LogP contribution in [0.2, 0.25) is 0 Å². The van der Waals surface area contributed by atoms with E-state index in [1.165, 1.54) is 35.8 Å². The van der Waals surface area contributed by atoms with E-state index < -0.39 is 59.7 Å². The minimum absolute atomic E-state index is 0. The summed E-state index contributed by atoms with van der Waals surface area (Å²) in [5.74, 6) is -5.18. The molecule has 0 aliphatic rings. The van der Waals surface area contributed by atoms with Crippen LogP contribution in [-0.4, -0.2) is 114 Å². The van der Waals surface area contributed by atoms with Crippen LogP contribution in [0.1, 0.15) is 173 Å². The van der Waals surface area contributed by atoms with Gasteiger partial charge in [-0.1, -0.05) is 93.4 Å². The number of carboxylic acids is 2. The SMILES string of the molecule is CCOC(=O)c1cc([C@@H](C)N)no1.CCOC(=O)c1cc([C@@H](C)NC(=O)c2cc3ccccc3o2)no1.CO.C[C@@H](NC(=O)c1cc2ccccc2o1)c1cc(C(=O)NO)on1.C[C@@H](NC(=O)c1cc2ccccc2o1)c1cc(C(=O)O)on1.Cl.O=C(O)c1cc2ccccc2o1.[Li+].[OH-]. The van der Waals surface area contributed by atoms with E-state index in [4.69, 9.17) is 67.0 Å². The maximum absolute atomic E-state index is 12.3. The molecule has 8 heterocycles. The van der Waals surface area contributed by atoms with Crippen LogP contribution >= 0.6 is 12.4 Å². The third-order valence-corrected chi connectivity index (χ3v) is 13.0. The minimum atomic E-state index is -1.21. The van der Waals surface area contributed by atoms with Gasteiger partial charge in [0.1, 0.15) is 45.1 Å². The van der Waals surface area contributed by atoms with Gasteiger partial charge in [0.2, 0.25) is 28.8 Å². The molecule has 8 aromatic heterocycles. The standard InChI is InChI=1S/C17H16N2O5.C15H13N3O5.C15H12N2O5.C9H6O3.C8H12N2O3.CH4O.ClH.Li.H2O/c1-3-22-17(21)15-9-12(19-24-15)10(2)18-16(20)14-8-11-6-4-5-7-13(11)23-14;1-8(10-7-13(23-18-10)15(20)17-21)16-14(19)12-6-9-4-2-3-5-11(9)22-12;1-8(10-7-13(15(19)20)22-17-10)16-14(18)12-6-9-4-2-3-5-11(9)21-12;10-9(11)8-5-6-3-1-2-4-7(6)12-8;1-3-12-8(11)7-4-6(5(2)9)10-13-7;1-2;;;/h4-10H,3H2,1-2H3,(H,18,20);2-8,21H,1H3,(H,16,19)(H,17,20);2-8H,1H3,(H,16,18)(H,19,20);1-5H,(H,10,11);4-5H,3,9H2,1-2H3;2H,1H3;1H;;1H2/q;;;;;;;+1;/p-1/t10-;2*8-;;5-;;;;/m111.1..../s1. The van der Waals surface area contributed by atoms with Gasteiger partial charge in [0.05, 0.1) is 31.3 Å². The molecule has 32 nitrogen and oxygen atoms in total. The van der Waals surface area contributed by atoms with Gasteiger partial charge < -0.3 is 87.7 Å². The number of aliphatic hydroxyl groups is 1. The molecule has 516 valence electrons. The number of fused-ring (bicyclic) bond motifs is 4. The molecule has 0 spiro atoms. The number of furan rings is 4. The van der Waals surface area contributed by atoms with Gasteiger partial charge in [-0.25, -0.2) is 24.7 Å². The minimum Gasteiger partial charge on any atom is -0.870 e. The smallest absolute Gasteiger partial charge is 0.870 e. The van der Waals surface area contributed by atoms with E-state index in [2.05, 4.69) is 41.1 Å². The van der Waals surface area contributed by atoms with Crippen molar-refractivity contribution in [1.29, 1.82) is 0 Å². The Kier molecular flexibility index (Phi) is 30.8. The van der Waals surface area contributed by atoms with Crippen molar-refractivity contribution in [3.8, 4) is 0 Å². The first kappa shape index (κ1) is 79.8. The van der Waals surface area contributed by atoms with Crippen LogP contribution in [0.25, 0.3) is 43.9 Å². The van der Waals surface area contributed by atoms with Crippen LogP contribution in [-0.2, 0) is 9.47 Å². The number of nitrogens with zero attached hydrogens (tertiary/aromatic N) is 4. The van der Waals surface area contributed by atoms with Crippen LogP contribution in [0, 0.1) is 0 Å². The first-order valence-electron chi connectivity index (χ1n) is 28.8. The topological polar surface area (TPSA) is 497 Å². The zero-order chi connectivity index (χ0) is 69.6. The molecule has 0 aliphatic heterocycles. The van der Waals surface area contributed by atoms with Crippen molar-refractivity contribution in [3.05, 3.63) is 214 Å². The quantitative estimate of drug-likeness (QED) is 0.0183. The Hall–Kier alpha value is -11.6. The normalized spacial score (nSPS) is 11.4. The molecule has 0 saturated heterocycles. The Morgan fingerprint density at radius 1 is 0.424 bits per heavy atom. The molecule has 4 aromatic carbocycles. The summed E-state index contributed by atoms with van der Waals surface area (Å²) < 4.78 is 50.1. The summed E-state index contributed by atoms with van der Waals surface area (Å²) in [6.07, 6.45) is 0. The summed E-state index contributed by atoms with van der Waals surface area (Å²) in [6, 6.07) is 39.4. The van der Waals surface area contributed by atoms with Crippen LogP contribution in [0.4, 0.5) is 0 Å². The largest absolute Gasteiger partial charge is 1.00 e. The average Bonchev–Trinajstić information content (AvgIpc) is 1.70. The fourth-order valence-electron chi connectivity index (χ4n) is 8.24. The predicted octanol–water partition coefficient (Wildman–Crippen LogP) is 7.59. The number of hydrogen-bond donors (Lipinski definition) is 9. The van der Waals surface area contributed by atoms with E-state index in [1.807, 2.05) is 66.7 Å². The predicted molar refractivity (Wildman–Crippen MR) is 344 cm³/mol. The van der Waals surface area contributed by atoms with Crippen molar-refractivity contribution in [2.24, 2.45) is 5.73 Å². The van der Waals surface area contributed by atoms with Gasteiger partial charge in [0.25, 0.3) is 17.7 Å². The number of hydrogen-bond acceptors (Lipinski definition) is 26. The first-order chi connectivity index (χ1) is 46.1. The molecular formula is C65H65ClLiN9O23. The third kappa shape index (κ3) is 21.7. The van der Waals surface area contributed by atoms with Crippen molar-refractivity contribution in [2.45, 2.75) is 65.7 Å². The Bertz CT molecular complexity index is 4500. The van der Waals surface area contributed by atoms with Gasteiger partial charge in [-0.15, -0.1) is 12.4 Å². The molecule has 99 heavy (non-hydrogen) atoms. The number of carbonyl (C=O) groups is 8. The van der Waals surface area contributed by atoms with Crippen LogP contribution in [0.5, 0.6) is 0 Å². The maximum atomic E-state index is 12.3. The van der Waals surface area contributed by atoms with Crippen molar-refractivity contribution < 1.29 is 128 Å². The summed E-state index contributed by atoms with van der Waals surface area (Å²) in [6.45, 7) is 10.8. The fourth-order valence-corrected chi connectivity index (χ4v) is 8.24. The monoisotopic (exact) mass is 1380 g/mol. The second kappa shape index (κ2) is 38.2. The molecule has 0 unspecified atom stereocenters. The number of ether oxygens (including phenoxy) is 2. The van der Waals surface area contributed by atoms with Crippen molar-refractivity contribution in [3.63, 3.8) is 0 Å². The van der Waals surface area contributed by atoms with E-state index in [0.717, 1.165) is 28.7 Å². The number of amides is 4.